The number of ether oxygens (including phenoxy) is 1. The highest BCUT2D eigenvalue weighted by molar-refractivity contribution is 8.00. The fourth-order valence-corrected chi connectivity index (χ4v) is 8.31. The number of carbonyl (C=O) groups is 4. The van der Waals surface area contributed by atoms with Gasteiger partial charge >= 0.3 is 0 Å². The number of likely N-dealkylation sites (N-methyl/N-ethyl adjacent to an activating group) is 2. The molecule has 1 saturated heterocycles. The van der Waals surface area contributed by atoms with Crippen LogP contribution in [-0.4, -0.2) is 94.1 Å². The molecule has 1 unspecified atom stereocenters. The minimum Gasteiger partial charge on any atom is -0.494 e. The van der Waals surface area contributed by atoms with Gasteiger partial charge in [-0.25, -0.2) is 9.97 Å². The van der Waals surface area contributed by atoms with Crippen molar-refractivity contribution in [1.82, 2.24) is 29.7 Å². The summed E-state index contributed by atoms with van der Waals surface area (Å²) in [6, 6.07) is 19.3. The summed E-state index contributed by atoms with van der Waals surface area (Å²) >= 11 is 1.48. The molecule has 5 aromatic rings. The summed E-state index contributed by atoms with van der Waals surface area (Å²) in [6.45, 7) is 5.71. The molecule has 7 rings (SSSR count). The Balaban J connectivity index is 1.01. The van der Waals surface area contributed by atoms with Crippen molar-refractivity contribution in [2.45, 2.75) is 36.9 Å². The van der Waals surface area contributed by atoms with Crippen molar-refractivity contribution < 1.29 is 23.9 Å². The second kappa shape index (κ2) is 16.9. The van der Waals surface area contributed by atoms with Crippen LogP contribution in [0.2, 0.25) is 0 Å². The Morgan fingerprint density at radius 2 is 1.89 bits per heavy atom. The molecule has 3 aromatic carbocycles. The molecule has 57 heavy (non-hydrogen) atoms. The van der Waals surface area contributed by atoms with Crippen LogP contribution in [0.1, 0.15) is 24.0 Å². The Kier molecular flexibility index (Phi) is 11.6. The number of aromatic nitrogens is 3. The van der Waals surface area contributed by atoms with Crippen LogP contribution < -0.4 is 25.6 Å². The lowest BCUT2D eigenvalue weighted by molar-refractivity contribution is -0.137. The highest BCUT2D eigenvalue weighted by Gasteiger charge is 2.35. The van der Waals surface area contributed by atoms with Crippen LogP contribution in [0.5, 0.6) is 5.75 Å². The van der Waals surface area contributed by atoms with Crippen molar-refractivity contribution in [3.63, 3.8) is 0 Å². The van der Waals surface area contributed by atoms with E-state index in [1.54, 1.807) is 31.3 Å². The number of aryl methyl sites for hydroxylation is 1. The SMILES string of the molecule is C=CC(=O)Nc1cc(Nc2nccc(-c3cn(C)c4ccccc34)n2)c(OC)cc1N(C)CCN(C)C(=O)CSc1cccc2c1CN(C1CCC(=O)NC1=O)C2. The number of carbonyl (C=O) groups excluding carboxylic acids is 4. The number of nitrogens with one attached hydrogen (secondary N) is 3. The molecule has 0 bridgehead atoms. The average Bonchev–Trinajstić information content (AvgIpc) is 3.80. The molecule has 0 aliphatic carbocycles. The number of methoxy groups -OCH3 is 1. The molecule has 3 N–H and O–H groups in total. The molecular formula is C42H45N9O5S. The number of anilines is 4. The number of para-hydroxylation sites is 1. The fraction of sp³-hybridized carbons (Fsp3) is 0.286. The summed E-state index contributed by atoms with van der Waals surface area (Å²) < 4.78 is 7.87. The third-order valence-electron chi connectivity index (χ3n) is 10.4. The molecule has 2 aliphatic rings. The standard InChI is InChI=1S/C42H45N9O5S/c1-6-38(52)44-31-20-32(46-42-43-17-16-30(45-42)29-23-50(4)33-12-8-7-11-27(29)33)36(56-5)21-35(31)48(2)18-19-49(3)40(54)25-57-37-13-9-10-26-22-51(24-28(26)37)34-14-15-39(53)47-41(34)55/h6-13,16-17,20-21,23,34H,1,14-15,18-19,22,24-25H2,2-5H3,(H,44,52)(H,43,45,46)(H,47,53,55). The first-order valence-electron chi connectivity index (χ1n) is 18.6. The van der Waals surface area contributed by atoms with Gasteiger partial charge in [0.05, 0.1) is 41.7 Å². The lowest BCUT2D eigenvalue weighted by atomic mass is 10.0. The zero-order valence-electron chi connectivity index (χ0n) is 32.4. The minimum atomic E-state index is -0.382. The van der Waals surface area contributed by atoms with Crippen molar-refractivity contribution in [3.8, 4) is 17.0 Å². The minimum absolute atomic E-state index is 0.0333. The monoisotopic (exact) mass is 787 g/mol. The van der Waals surface area contributed by atoms with Crippen LogP contribution in [0, 0.1) is 0 Å². The molecule has 4 amide bonds. The number of hydrogen-bond acceptors (Lipinski definition) is 11. The number of fused-ring (bicyclic) bond motifs is 2. The molecule has 294 valence electrons. The quantitative estimate of drug-likeness (QED) is 0.0762. The van der Waals surface area contributed by atoms with Crippen LogP contribution in [0.15, 0.2) is 90.6 Å². The predicted molar refractivity (Wildman–Crippen MR) is 223 cm³/mol. The molecular weight excluding hydrogens is 743 g/mol. The molecule has 0 radical (unpaired) electrons. The normalized spacial score (nSPS) is 15.2. The van der Waals surface area contributed by atoms with Crippen LogP contribution in [0.25, 0.3) is 22.2 Å². The van der Waals surface area contributed by atoms with Gasteiger partial charge in [-0.2, -0.15) is 0 Å². The maximum atomic E-state index is 13.4. The number of rotatable bonds is 14. The van der Waals surface area contributed by atoms with E-state index in [4.69, 9.17) is 9.72 Å². The van der Waals surface area contributed by atoms with Gasteiger partial charge in [-0.1, -0.05) is 36.9 Å². The first-order chi connectivity index (χ1) is 27.5. The van der Waals surface area contributed by atoms with E-state index in [1.165, 1.54) is 17.8 Å². The van der Waals surface area contributed by atoms with Crippen LogP contribution in [0.4, 0.5) is 23.0 Å². The number of benzene rings is 3. The van der Waals surface area contributed by atoms with Crippen molar-refractivity contribution in [1.29, 1.82) is 0 Å². The Hall–Kier alpha value is -6.19. The van der Waals surface area contributed by atoms with Crippen molar-refractivity contribution >= 4 is 69.3 Å². The number of nitrogens with zero attached hydrogens (tertiary/aromatic N) is 6. The van der Waals surface area contributed by atoms with Gasteiger partial charge in [0.2, 0.25) is 29.6 Å². The van der Waals surface area contributed by atoms with Gasteiger partial charge in [-0.3, -0.25) is 29.4 Å². The highest BCUT2D eigenvalue weighted by Crippen LogP contribution is 2.39. The lowest BCUT2D eigenvalue weighted by Crippen LogP contribution is -2.50. The second-order valence-corrected chi connectivity index (χ2v) is 15.1. The summed E-state index contributed by atoms with van der Waals surface area (Å²) in [6.07, 6.45) is 5.78. The molecule has 15 heteroatoms. The van der Waals surface area contributed by atoms with E-state index >= 15 is 0 Å². The van der Waals surface area contributed by atoms with E-state index in [2.05, 4.69) is 55.2 Å². The van der Waals surface area contributed by atoms with Crippen LogP contribution >= 0.6 is 11.8 Å². The zero-order chi connectivity index (χ0) is 40.2. The van der Waals surface area contributed by atoms with Crippen molar-refractivity contribution in [3.05, 3.63) is 96.8 Å². The molecule has 2 aliphatic heterocycles. The van der Waals surface area contributed by atoms with E-state index in [0.717, 1.165) is 38.2 Å². The molecule has 2 aromatic heterocycles. The Morgan fingerprint density at radius 1 is 1.07 bits per heavy atom. The first-order valence-corrected chi connectivity index (χ1v) is 19.6. The number of thioether (sulfide) groups is 1. The van der Waals surface area contributed by atoms with E-state index in [9.17, 15) is 19.2 Å². The largest absolute Gasteiger partial charge is 0.494 e. The summed E-state index contributed by atoms with van der Waals surface area (Å²) in [4.78, 5) is 66.2. The molecule has 14 nitrogen and oxygen atoms in total. The first kappa shape index (κ1) is 39.1. The Bertz CT molecular complexity index is 2380. The number of imide groups is 1. The van der Waals surface area contributed by atoms with Gasteiger partial charge in [-0.05, 0) is 47.9 Å². The number of hydrogen-bond donors (Lipinski definition) is 3. The summed E-state index contributed by atoms with van der Waals surface area (Å²) in [5, 5.41) is 9.73. The van der Waals surface area contributed by atoms with E-state index in [-0.39, 0.29) is 35.4 Å². The third-order valence-corrected chi connectivity index (χ3v) is 11.5. The number of piperidine rings is 1. The lowest BCUT2D eigenvalue weighted by Gasteiger charge is -2.29. The van der Waals surface area contributed by atoms with Gasteiger partial charge in [0, 0.05) is 93.6 Å². The second-order valence-electron chi connectivity index (χ2n) is 14.1. The summed E-state index contributed by atoms with van der Waals surface area (Å²) in [5.41, 5.74) is 6.79. The topological polar surface area (TPSA) is 154 Å². The van der Waals surface area contributed by atoms with Crippen molar-refractivity contribution in [2.75, 3.05) is 55.6 Å². The van der Waals surface area contributed by atoms with E-state index in [0.29, 0.717) is 67.8 Å². The Labute approximate surface area is 335 Å². The molecule has 0 saturated carbocycles. The maximum Gasteiger partial charge on any atom is 0.247 e. The summed E-state index contributed by atoms with van der Waals surface area (Å²) in [7, 11) is 7.23. The maximum absolute atomic E-state index is 13.4. The van der Waals surface area contributed by atoms with E-state index in [1.807, 2.05) is 61.6 Å². The van der Waals surface area contributed by atoms with Crippen LogP contribution in [-0.2, 0) is 39.3 Å². The van der Waals surface area contributed by atoms with Gasteiger partial charge in [0.25, 0.3) is 0 Å². The number of amides is 4. The Morgan fingerprint density at radius 3 is 2.68 bits per heavy atom. The van der Waals surface area contributed by atoms with Gasteiger partial charge < -0.3 is 29.7 Å². The summed E-state index contributed by atoms with van der Waals surface area (Å²) in [5.74, 6) is 0.208. The average molecular weight is 788 g/mol. The zero-order valence-corrected chi connectivity index (χ0v) is 33.2. The third kappa shape index (κ3) is 8.49. The van der Waals surface area contributed by atoms with E-state index < -0.39 is 0 Å². The predicted octanol–water partition coefficient (Wildman–Crippen LogP) is 5.32. The van der Waals surface area contributed by atoms with Gasteiger partial charge in [0.15, 0.2) is 0 Å². The molecule has 1 fully saturated rings. The molecule has 4 heterocycles. The fourth-order valence-electron chi connectivity index (χ4n) is 7.27. The van der Waals surface area contributed by atoms with Crippen LogP contribution in [0.3, 0.4) is 0 Å². The molecule has 1 atom stereocenters. The van der Waals surface area contributed by atoms with Gasteiger partial charge in [0.1, 0.15) is 5.75 Å². The highest BCUT2D eigenvalue weighted by atomic mass is 32.2. The molecule has 0 spiro atoms. The van der Waals surface area contributed by atoms with Crippen molar-refractivity contribution in [2.24, 2.45) is 7.05 Å². The smallest absolute Gasteiger partial charge is 0.247 e. The van der Waals surface area contributed by atoms with Gasteiger partial charge in [-0.15, -0.1) is 11.8 Å².